The van der Waals surface area contributed by atoms with Gasteiger partial charge in [-0.1, -0.05) is 17.7 Å². The predicted molar refractivity (Wildman–Crippen MR) is 100 cm³/mol. The van der Waals surface area contributed by atoms with Crippen LogP contribution in [0, 0.1) is 6.92 Å². The maximum absolute atomic E-state index is 12.7. The van der Waals surface area contributed by atoms with Crippen LogP contribution in [-0.4, -0.2) is 41.6 Å². The minimum Gasteiger partial charge on any atom is -0.310 e. The molecule has 1 aliphatic rings. The third-order valence-electron chi connectivity index (χ3n) is 4.47. The van der Waals surface area contributed by atoms with Gasteiger partial charge >= 0.3 is 0 Å². The highest BCUT2D eigenvalue weighted by Crippen LogP contribution is 2.21. The van der Waals surface area contributed by atoms with E-state index < -0.39 is 10.0 Å². The molecule has 1 aromatic carbocycles. The molecule has 0 bridgehead atoms. The molecule has 0 aliphatic carbocycles. The van der Waals surface area contributed by atoms with Gasteiger partial charge in [0.05, 0.1) is 11.1 Å². The lowest BCUT2D eigenvalue weighted by Crippen LogP contribution is -2.44. The van der Waals surface area contributed by atoms with Crippen LogP contribution < -0.4 is 5.32 Å². The van der Waals surface area contributed by atoms with E-state index in [1.54, 1.807) is 21.1 Å². The maximum atomic E-state index is 12.7. The Labute approximate surface area is 155 Å². The molecule has 1 aromatic heterocycles. The summed E-state index contributed by atoms with van der Waals surface area (Å²) in [5.41, 5.74) is 2.21. The zero-order valence-corrected chi connectivity index (χ0v) is 16.2. The van der Waals surface area contributed by atoms with E-state index in [-0.39, 0.29) is 12.4 Å². The van der Waals surface area contributed by atoms with E-state index in [1.807, 2.05) is 38.5 Å². The Balaban J connectivity index is 0.00000225. The Bertz CT molecular complexity index is 781. The smallest absolute Gasteiger partial charge is 0.243 e. The van der Waals surface area contributed by atoms with Gasteiger partial charge in [-0.3, -0.25) is 4.68 Å². The van der Waals surface area contributed by atoms with E-state index >= 15 is 0 Å². The van der Waals surface area contributed by atoms with E-state index in [9.17, 15) is 8.42 Å². The van der Waals surface area contributed by atoms with Crippen molar-refractivity contribution in [3.63, 3.8) is 0 Å². The number of halogens is 1. The second-order valence-corrected chi connectivity index (χ2v) is 8.33. The average Bonchev–Trinajstić information content (AvgIpc) is 2.99. The van der Waals surface area contributed by atoms with E-state index in [1.165, 1.54) is 0 Å². The lowest BCUT2D eigenvalue weighted by molar-refractivity contribution is 0.288. The van der Waals surface area contributed by atoms with Gasteiger partial charge in [0.25, 0.3) is 0 Å². The highest BCUT2D eigenvalue weighted by atomic mass is 35.5. The van der Waals surface area contributed by atoms with Gasteiger partial charge < -0.3 is 5.32 Å². The SMILES string of the molecule is Cc1ccc(S(=O)(=O)N2CCC(NCc3cnn(C)c3)CC2)cc1.Cl. The average molecular weight is 385 g/mol. The quantitative estimate of drug-likeness (QED) is 0.857. The van der Waals surface area contributed by atoms with Crippen LogP contribution in [0.2, 0.25) is 0 Å². The van der Waals surface area contributed by atoms with Crippen LogP contribution in [0.5, 0.6) is 0 Å². The molecule has 138 valence electrons. The third-order valence-corrected chi connectivity index (χ3v) is 6.38. The first-order chi connectivity index (χ1) is 11.4. The van der Waals surface area contributed by atoms with E-state index in [0.29, 0.717) is 24.0 Å². The van der Waals surface area contributed by atoms with Crippen molar-refractivity contribution in [2.75, 3.05) is 13.1 Å². The zero-order valence-electron chi connectivity index (χ0n) is 14.6. The summed E-state index contributed by atoms with van der Waals surface area (Å²) in [5, 5.41) is 7.65. The maximum Gasteiger partial charge on any atom is 0.243 e. The van der Waals surface area contributed by atoms with Crippen molar-refractivity contribution in [2.45, 2.75) is 37.2 Å². The van der Waals surface area contributed by atoms with E-state index in [0.717, 1.165) is 30.5 Å². The van der Waals surface area contributed by atoms with Crippen LogP contribution in [0.15, 0.2) is 41.6 Å². The monoisotopic (exact) mass is 384 g/mol. The molecular weight excluding hydrogens is 360 g/mol. The minimum absolute atomic E-state index is 0. The van der Waals surface area contributed by atoms with Gasteiger partial charge in [0, 0.05) is 44.5 Å². The number of piperidine rings is 1. The molecule has 0 saturated carbocycles. The van der Waals surface area contributed by atoms with Crippen LogP contribution in [0.4, 0.5) is 0 Å². The molecule has 0 amide bonds. The molecule has 2 aromatic rings. The van der Waals surface area contributed by atoms with Gasteiger partial charge in [0.2, 0.25) is 10.0 Å². The topological polar surface area (TPSA) is 67.2 Å². The van der Waals surface area contributed by atoms with Crippen molar-refractivity contribution < 1.29 is 8.42 Å². The van der Waals surface area contributed by atoms with Crippen molar-refractivity contribution in [3.8, 4) is 0 Å². The van der Waals surface area contributed by atoms with E-state index in [4.69, 9.17) is 0 Å². The molecule has 8 heteroatoms. The largest absolute Gasteiger partial charge is 0.310 e. The molecule has 2 heterocycles. The summed E-state index contributed by atoms with van der Waals surface area (Å²) in [4.78, 5) is 0.384. The highest BCUT2D eigenvalue weighted by Gasteiger charge is 2.29. The fourth-order valence-corrected chi connectivity index (χ4v) is 4.45. The van der Waals surface area contributed by atoms with Crippen molar-refractivity contribution in [1.29, 1.82) is 0 Å². The second kappa shape index (κ2) is 8.31. The zero-order chi connectivity index (χ0) is 17.2. The van der Waals surface area contributed by atoms with E-state index in [2.05, 4.69) is 10.4 Å². The van der Waals surface area contributed by atoms with Gasteiger partial charge in [0.1, 0.15) is 0 Å². The molecule has 3 rings (SSSR count). The van der Waals surface area contributed by atoms with Crippen LogP contribution in [0.25, 0.3) is 0 Å². The fourth-order valence-electron chi connectivity index (χ4n) is 2.98. The van der Waals surface area contributed by atoms with Crippen molar-refractivity contribution in [3.05, 3.63) is 47.8 Å². The predicted octanol–water partition coefficient (Wildman–Crippen LogP) is 2.09. The molecule has 0 spiro atoms. The summed E-state index contributed by atoms with van der Waals surface area (Å²) in [6, 6.07) is 7.41. The highest BCUT2D eigenvalue weighted by molar-refractivity contribution is 7.89. The van der Waals surface area contributed by atoms with Crippen LogP contribution in [0.3, 0.4) is 0 Å². The summed E-state index contributed by atoms with van der Waals surface area (Å²) in [5.74, 6) is 0. The number of rotatable bonds is 5. The summed E-state index contributed by atoms with van der Waals surface area (Å²) in [7, 11) is -1.47. The van der Waals surface area contributed by atoms with Gasteiger partial charge in [0.15, 0.2) is 0 Å². The Morgan fingerprint density at radius 2 is 1.84 bits per heavy atom. The van der Waals surface area contributed by atoms with Crippen LogP contribution >= 0.6 is 12.4 Å². The van der Waals surface area contributed by atoms with Crippen molar-refractivity contribution >= 4 is 22.4 Å². The normalized spacial score (nSPS) is 16.6. The number of aryl methyl sites for hydroxylation is 2. The van der Waals surface area contributed by atoms with Crippen LogP contribution in [0.1, 0.15) is 24.0 Å². The number of nitrogens with one attached hydrogen (secondary N) is 1. The first-order valence-electron chi connectivity index (χ1n) is 8.23. The number of sulfonamides is 1. The number of benzene rings is 1. The number of aromatic nitrogens is 2. The summed E-state index contributed by atoms with van der Waals surface area (Å²) >= 11 is 0. The van der Waals surface area contributed by atoms with Gasteiger partial charge in [-0.25, -0.2) is 8.42 Å². The molecule has 25 heavy (non-hydrogen) atoms. The third kappa shape index (κ3) is 4.82. The Kier molecular flexibility index (Phi) is 6.62. The fraction of sp³-hybridized carbons (Fsp3) is 0.471. The van der Waals surface area contributed by atoms with Crippen molar-refractivity contribution in [1.82, 2.24) is 19.4 Å². The standard InChI is InChI=1S/C17H24N4O2S.ClH/c1-14-3-5-17(6-4-14)24(22,23)21-9-7-16(8-10-21)18-11-15-12-19-20(2)13-15;/h3-6,12-13,16,18H,7-11H2,1-2H3;1H. The Morgan fingerprint density at radius 1 is 1.20 bits per heavy atom. The van der Waals surface area contributed by atoms with Crippen LogP contribution in [-0.2, 0) is 23.6 Å². The first kappa shape index (κ1) is 19.9. The molecule has 0 unspecified atom stereocenters. The minimum atomic E-state index is -3.37. The van der Waals surface area contributed by atoms with Gasteiger partial charge in [-0.2, -0.15) is 9.40 Å². The number of hydrogen-bond donors (Lipinski definition) is 1. The molecule has 1 aliphatic heterocycles. The van der Waals surface area contributed by atoms with Gasteiger partial charge in [-0.15, -0.1) is 12.4 Å². The number of nitrogens with zero attached hydrogens (tertiary/aromatic N) is 3. The molecule has 1 saturated heterocycles. The molecule has 6 nitrogen and oxygen atoms in total. The molecule has 1 fully saturated rings. The molecule has 1 N–H and O–H groups in total. The summed E-state index contributed by atoms with van der Waals surface area (Å²) in [6.45, 7) is 3.83. The molecule has 0 atom stereocenters. The second-order valence-electron chi connectivity index (χ2n) is 6.39. The summed E-state index contributed by atoms with van der Waals surface area (Å²) in [6.07, 6.45) is 5.49. The van der Waals surface area contributed by atoms with Crippen molar-refractivity contribution in [2.24, 2.45) is 7.05 Å². The summed E-state index contributed by atoms with van der Waals surface area (Å²) < 4.78 is 28.7. The Morgan fingerprint density at radius 3 is 2.40 bits per heavy atom. The Hall–Kier alpha value is -1.41. The van der Waals surface area contributed by atoms with Gasteiger partial charge in [-0.05, 0) is 31.9 Å². The molecule has 0 radical (unpaired) electrons. The lowest BCUT2D eigenvalue weighted by Gasteiger charge is -2.31. The lowest BCUT2D eigenvalue weighted by atomic mass is 10.1. The first-order valence-corrected chi connectivity index (χ1v) is 9.67. The molecular formula is C17H25ClN4O2S. The number of hydrogen-bond acceptors (Lipinski definition) is 4.